The Morgan fingerprint density at radius 1 is 1.11 bits per heavy atom. The molecule has 5 rings (SSSR count). The number of hydrogen-bond donors (Lipinski definition) is 0. The van der Waals surface area contributed by atoms with Gasteiger partial charge in [0.05, 0.1) is 0 Å². The molecule has 0 spiro atoms. The quantitative estimate of drug-likeness (QED) is 0.756. The first-order chi connectivity index (χ1) is 8.41. The van der Waals surface area contributed by atoms with Crippen LogP contribution >= 0.6 is 27.5 Å². The summed E-state index contributed by atoms with van der Waals surface area (Å²) >= 11 is 4.99. The predicted molar refractivity (Wildman–Crippen MR) is 76.7 cm³/mol. The van der Waals surface area contributed by atoms with E-state index in [1.54, 1.807) is 0 Å². The smallest absolute Gasteiger partial charge is 0.179 e. The fraction of sp³-hybridized carbons (Fsp3) is 0.857. The molecule has 4 aliphatic carbocycles. The van der Waals surface area contributed by atoms with Gasteiger partial charge in [0.1, 0.15) is 5.82 Å². The van der Waals surface area contributed by atoms with Gasteiger partial charge < -0.3 is 0 Å². The van der Waals surface area contributed by atoms with Crippen LogP contribution in [0.3, 0.4) is 0 Å². The molecular formula is C14H19BrN2S. The van der Waals surface area contributed by atoms with E-state index in [2.05, 4.69) is 39.1 Å². The van der Waals surface area contributed by atoms with Crippen LogP contribution < -0.4 is 0 Å². The minimum absolute atomic E-state index is 0.297. The Morgan fingerprint density at radius 3 is 2.28 bits per heavy atom. The Labute approximate surface area is 121 Å². The Kier molecular flexibility index (Phi) is 2.22. The molecule has 0 saturated heterocycles. The van der Waals surface area contributed by atoms with Crippen molar-refractivity contribution in [3.63, 3.8) is 0 Å². The number of nitrogens with zero attached hydrogens (tertiary/aromatic N) is 2. The minimum atomic E-state index is 0.297. The lowest BCUT2D eigenvalue weighted by atomic mass is 9.40. The zero-order chi connectivity index (χ0) is 12.6. The van der Waals surface area contributed by atoms with Crippen LogP contribution in [-0.4, -0.2) is 9.36 Å². The minimum Gasteiger partial charge on any atom is -0.212 e. The van der Waals surface area contributed by atoms with E-state index in [1.807, 2.05) is 0 Å². The Bertz CT molecular complexity index is 494. The molecule has 1 heterocycles. The van der Waals surface area contributed by atoms with Gasteiger partial charge in [-0.2, -0.15) is 4.37 Å². The van der Waals surface area contributed by atoms with E-state index in [-0.39, 0.29) is 0 Å². The maximum absolute atomic E-state index is 4.69. The van der Waals surface area contributed by atoms with Crippen LogP contribution in [0.25, 0.3) is 0 Å². The topological polar surface area (TPSA) is 25.8 Å². The van der Waals surface area contributed by atoms with E-state index in [1.165, 1.54) is 50.1 Å². The van der Waals surface area contributed by atoms with Crippen molar-refractivity contribution in [1.82, 2.24) is 9.36 Å². The molecule has 1 aromatic heterocycles. The van der Waals surface area contributed by atoms with Crippen molar-refractivity contribution >= 4 is 27.5 Å². The summed E-state index contributed by atoms with van der Waals surface area (Å²) in [5.74, 6) is 2.06. The Morgan fingerprint density at radius 2 is 1.78 bits per heavy atom. The first-order valence-corrected chi connectivity index (χ1v) is 8.47. The van der Waals surface area contributed by atoms with Gasteiger partial charge in [-0.3, -0.25) is 0 Å². The lowest BCUT2D eigenvalue weighted by Crippen LogP contribution is -2.57. The van der Waals surface area contributed by atoms with Crippen LogP contribution in [0.4, 0.5) is 0 Å². The molecule has 0 amide bonds. The van der Waals surface area contributed by atoms with Crippen LogP contribution in [0.1, 0.15) is 58.2 Å². The average molecular weight is 327 g/mol. The molecule has 4 fully saturated rings. The second-order valence-electron chi connectivity index (χ2n) is 7.78. The molecule has 4 bridgehead atoms. The molecule has 0 N–H and O–H groups in total. The van der Waals surface area contributed by atoms with E-state index < -0.39 is 0 Å². The zero-order valence-electron chi connectivity index (χ0n) is 11.0. The number of aromatic nitrogens is 2. The summed E-state index contributed by atoms with van der Waals surface area (Å²) in [7, 11) is 0. The van der Waals surface area contributed by atoms with Gasteiger partial charge in [-0.25, -0.2) is 4.98 Å². The van der Waals surface area contributed by atoms with E-state index in [0.717, 1.165) is 15.7 Å². The van der Waals surface area contributed by atoms with Gasteiger partial charge in [-0.05, 0) is 82.7 Å². The lowest BCUT2D eigenvalue weighted by molar-refractivity contribution is -0.112. The van der Waals surface area contributed by atoms with Crippen molar-refractivity contribution in [3.05, 3.63) is 9.74 Å². The first-order valence-electron chi connectivity index (χ1n) is 6.90. The van der Waals surface area contributed by atoms with Gasteiger partial charge in [0.15, 0.2) is 3.92 Å². The van der Waals surface area contributed by atoms with Gasteiger partial charge in [0, 0.05) is 5.41 Å². The lowest BCUT2D eigenvalue weighted by Gasteiger charge is -2.64. The molecule has 4 heteroatoms. The van der Waals surface area contributed by atoms with Crippen molar-refractivity contribution in [3.8, 4) is 0 Å². The third kappa shape index (κ3) is 1.57. The third-order valence-electron chi connectivity index (χ3n) is 5.50. The average Bonchev–Trinajstić information content (AvgIpc) is 2.59. The highest BCUT2D eigenvalue weighted by Gasteiger charge is 2.61. The zero-order valence-corrected chi connectivity index (χ0v) is 13.4. The molecule has 4 aliphatic rings. The highest BCUT2D eigenvalue weighted by Crippen LogP contribution is 2.69. The summed E-state index contributed by atoms with van der Waals surface area (Å²) in [5, 5.41) is 0. The van der Waals surface area contributed by atoms with Crippen LogP contribution in [0.5, 0.6) is 0 Å². The standard InChI is InChI=1S/C14H19BrN2S/c1-12-3-9-4-13(2,6-12)8-14(5-9,7-12)10-16-11(15)18-17-10/h9H,3-8H2,1-2H3. The molecule has 1 aromatic rings. The van der Waals surface area contributed by atoms with Crippen LogP contribution in [0.2, 0.25) is 0 Å². The summed E-state index contributed by atoms with van der Waals surface area (Å²) in [6.45, 7) is 5.01. The molecule has 2 nitrogen and oxygen atoms in total. The second kappa shape index (κ2) is 3.38. The van der Waals surface area contributed by atoms with Gasteiger partial charge >= 0.3 is 0 Å². The molecular weight excluding hydrogens is 308 g/mol. The summed E-state index contributed by atoms with van der Waals surface area (Å²) in [6.07, 6.45) is 8.26. The van der Waals surface area contributed by atoms with E-state index in [9.17, 15) is 0 Å². The van der Waals surface area contributed by atoms with Crippen molar-refractivity contribution < 1.29 is 0 Å². The second-order valence-corrected chi connectivity index (χ2v) is 9.81. The fourth-order valence-corrected chi connectivity index (χ4v) is 7.03. The molecule has 4 saturated carbocycles. The molecule has 2 atom stereocenters. The van der Waals surface area contributed by atoms with E-state index in [0.29, 0.717) is 16.2 Å². The first kappa shape index (κ1) is 11.8. The Hall–Kier alpha value is 0.0400. The molecule has 18 heavy (non-hydrogen) atoms. The van der Waals surface area contributed by atoms with Crippen molar-refractivity contribution in [2.45, 2.75) is 57.8 Å². The van der Waals surface area contributed by atoms with Gasteiger partial charge in [-0.15, -0.1) is 0 Å². The van der Waals surface area contributed by atoms with Crippen LogP contribution in [-0.2, 0) is 5.41 Å². The number of hydrogen-bond acceptors (Lipinski definition) is 3. The SMILES string of the molecule is CC12CC3CC(C)(C1)CC(c1nsc(Br)n1)(C3)C2. The number of halogens is 1. The largest absolute Gasteiger partial charge is 0.212 e. The summed E-state index contributed by atoms with van der Waals surface area (Å²) in [5.41, 5.74) is 1.39. The Balaban J connectivity index is 1.82. The molecule has 2 unspecified atom stereocenters. The highest BCUT2D eigenvalue weighted by molar-refractivity contribution is 9.11. The monoisotopic (exact) mass is 326 g/mol. The van der Waals surface area contributed by atoms with Crippen LogP contribution in [0, 0.1) is 16.7 Å². The van der Waals surface area contributed by atoms with Gasteiger partial charge in [-0.1, -0.05) is 13.8 Å². The summed E-state index contributed by atoms with van der Waals surface area (Å²) in [4.78, 5) is 4.69. The molecule has 0 radical (unpaired) electrons. The number of rotatable bonds is 1. The molecule has 0 aliphatic heterocycles. The maximum Gasteiger partial charge on any atom is 0.179 e. The van der Waals surface area contributed by atoms with Crippen LogP contribution in [0.15, 0.2) is 3.92 Å². The van der Waals surface area contributed by atoms with Crippen molar-refractivity contribution in [2.75, 3.05) is 0 Å². The van der Waals surface area contributed by atoms with E-state index in [4.69, 9.17) is 0 Å². The fourth-order valence-electron chi connectivity index (χ4n) is 6.12. The third-order valence-corrected chi connectivity index (χ3v) is 6.62. The predicted octanol–water partition coefficient (Wildman–Crippen LogP) is 4.55. The summed E-state index contributed by atoms with van der Waals surface area (Å²) in [6, 6.07) is 0. The molecule has 0 aromatic carbocycles. The maximum atomic E-state index is 4.69. The summed E-state index contributed by atoms with van der Waals surface area (Å²) < 4.78 is 5.60. The normalized spacial score (nSPS) is 49.8. The van der Waals surface area contributed by atoms with Crippen molar-refractivity contribution in [1.29, 1.82) is 0 Å². The van der Waals surface area contributed by atoms with Gasteiger partial charge in [0.2, 0.25) is 0 Å². The van der Waals surface area contributed by atoms with Crippen molar-refractivity contribution in [2.24, 2.45) is 16.7 Å². The highest BCUT2D eigenvalue weighted by atomic mass is 79.9. The molecule has 98 valence electrons. The van der Waals surface area contributed by atoms with E-state index >= 15 is 0 Å². The van der Waals surface area contributed by atoms with Gasteiger partial charge in [0.25, 0.3) is 0 Å².